The van der Waals surface area contributed by atoms with E-state index < -0.39 is 12.8 Å². The fourth-order valence-electron chi connectivity index (χ4n) is 4.15. The number of benzene rings is 1. The van der Waals surface area contributed by atoms with Crippen molar-refractivity contribution < 1.29 is 17.9 Å². The number of nitrogens with one attached hydrogen (secondary N) is 2. The molecule has 0 aliphatic carbocycles. The van der Waals surface area contributed by atoms with Gasteiger partial charge in [0.05, 0.1) is 17.4 Å². The molecule has 0 atom stereocenters. The molecule has 186 valence electrons. The fourth-order valence-corrected chi connectivity index (χ4v) is 4.15. The molecule has 10 heteroatoms. The lowest BCUT2D eigenvalue weighted by Gasteiger charge is -2.10. The van der Waals surface area contributed by atoms with Gasteiger partial charge in [-0.2, -0.15) is 18.3 Å². The van der Waals surface area contributed by atoms with Crippen molar-refractivity contribution in [3.05, 3.63) is 72.2 Å². The van der Waals surface area contributed by atoms with E-state index in [0.29, 0.717) is 18.3 Å². The summed E-state index contributed by atoms with van der Waals surface area (Å²) in [6.07, 6.45) is 1.59. The van der Waals surface area contributed by atoms with Crippen LogP contribution in [0.2, 0.25) is 0 Å². The Balaban J connectivity index is 1.38. The van der Waals surface area contributed by atoms with Gasteiger partial charge in [0.2, 0.25) is 5.88 Å². The van der Waals surface area contributed by atoms with Crippen LogP contribution in [0.3, 0.4) is 0 Å². The summed E-state index contributed by atoms with van der Waals surface area (Å²) in [5.74, 6) is 2.00. The van der Waals surface area contributed by atoms with Crippen molar-refractivity contribution in [1.82, 2.24) is 24.7 Å². The maximum Gasteiger partial charge on any atom is 0.422 e. The van der Waals surface area contributed by atoms with Gasteiger partial charge in [-0.3, -0.25) is 4.68 Å². The molecule has 0 aliphatic heterocycles. The van der Waals surface area contributed by atoms with E-state index >= 15 is 0 Å². The molecule has 36 heavy (non-hydrogen) atoms. The zero-order valence-electron chi connectivity index (χ0n) is 19.8. The molecule has 0 radical (unpaired) electrons. The standard InChI is InChI=1S/C26H25F3N6O/c1-16(2)11-19-18-5-3-4-6-21(18)32-25(19)33-24-20-14-35(34-22(20)9-10-30-24)13-17-7-8-23(31-12-17)36-15-26(27,28)29/h3-10,12,14,16,32H,11,13,15H2,1-2H3,(H,30,33). The minimum atomic E-state index is -4.41. The van der Waals surface area contributed by atoms with Gasteiger partial charge in [-0.15, -0.1) is 0 Å². The van der Waals surface area contributed by atoms with E-state index in [4.69, 9.17) is 0 Å². The average Bonchev–Trinajstić information content (AvgIpc) is 3.39. The third-order valence-electron chi connectivity index (χ3n) is 5.68. The number of nitrogens with zero attached hydrogens (tertiary/aromatic N) is 4. The third-order valence-corrected chi connectivity index (χ3v) is 5.68. The van der Waals surface area contributed by atoms with Crippen molar-refractivity contribution in [3.63, 3.8) is 0 Å². The number of halogens is 3. The van der Waals surface area contributed by atoms with Gasteiger partial charge in [0, 0.05) is 41.1 Å². The quantitative estimate of drug-likeness (QED) is 0.267. The van der Waals surface area contributed by atoms with Crippen LogP contribution in [0.25, 0.3) is 21.8 Å². The monoisotopic (exact) mass is 494 g/mol. The number of aromatic amines is 1. The highest BCUT2D eigenvalue weighted by Gasteiger charge is 2.28. The van der Waals surface area contributed by atoms with E-state index in [1.165, 1.54) is 23.2 Å². The van der Waals surface area contributed by atoms with Crippen LogP contribution < -0.4 is 10.1 Å². The van der Waals surface area contributed by atoms with Crippen molar-refractivity contribution in [3.8, 4) is 5.88 Å². The van der Waals surface area contributed by atoms with Crippen molar-refractivity contribution in [2.24, 2.45) is 5.92 Å². The Morgan fingerprint density at radius 2 is 1.89 bits per heavy atom. The lowest BCUT2D eigenvalue weighted by Crippen LogP contribution is -2.19. The maximum atomic E-state index is 12.3. The van der Waals surface area contributed by atoms with Crippen LogP contribution in [0.5, 0.6) is 5.88 Å². The molecule has 4 heterocycles. The number of anilines is 2. The minimum Gasteiger partial charge on any atom is -0.468 e. The Kier molecular flexibility index (Phi) is 6.26. The zero-order chi connectivity index (χ0) is 25.3. The summed E-state index contributed by atoms with van der Waals surface area (Å²) >= 11 is 0. The number of para-hydroxylation sites is 1. The molecular weight excluding hydrogens is 469 g/mol. The summed E-state index contributed by atoms with van der Waals surface area (Å²) in [6, 6.07) is 13.2. The van der Waals surface area contributed by atoms with E-state index in [9.17, 15) is 13.2 Å². The van der Waals surface area contributed by atoms with Gasteiger partial charge < -0.3 is 15.0 Å². The summed E-state index contributed by atoms with van der Waals surface area (Å²) in [5.41, 5.74) is 3.82. The lowest BCUT2D eigenvalue weighted by atomic mass is 10.0. The molecular formula is C26H25F3N6O. The van der Waals surface area contributed by atoms with Gasteiger partial charge in [0.25, 0.3) is 0 Å². The second-order valence-corrected chi connectivity index (χ2v) is 9.07. The zero-order valence-corrected chi connectivity index (χ0v) is 19.8. The van der Waals surface area contributed by atoms with Gasteiger partial charge in [-0.1, -0.05) is 38.1 Å². The molecule has 0 fully saturated rings. The van der Waals surface area contributed by atoms with Crippen molar-refractivity contribution in [2.75, 3.05) is 11.9 Å². The van der Waals surface area contributed by atoms with Crippen LogP contribution in [0.1, 0.15) is 25.0 Å². The summed E-state index contributed by atoms with van der Waals surface area (Å²) in [4.78, 5) is 12.0. The number of ether oxygens (including phenoxy) is 1. The molecule has 2 N–H and O–H groups in total. The second-order valence-electron chi connectivity index (χ2n) is 9.07. The van der Waals surface area contributed by atoms with E-state index in [1.54, 1.807) is 16.9 Å². The Hall–Kier alpha value is -4.08. The normalized spacial score (nSPS) is 12.1. The topological polar surface area (TPSA) is 80.7 Å². The van der Waals surface area contributed by atoms with E-state index in [-0.39, 0.29) is 5.88 Å². The largest absolute Gasteiger partial charge is 0.468 e. The first-order valence-electron chi connectivity index (χ1n) is 11.6. The summed E-state index contributed by atoms with van der Waals surface area (Å²) in [5, 5.41) is 10.2. The number of hydrogen-bond donors (Lipinski definition) is 2. The van der Waals surface area contributed by atoms with E-state index in [0.717, 1.165) is 34.2 Å². The predicted molar refractivity (Wildman–Crippen MR) is 133 cm³/mol. The van der Waals surface area contributed by atoms with E-state index in [1.807, 2.05) is 24.4 Å². The highest BCUT2D eigenvalue weighted by molar-refractivity contribution is 5.94. The van der Waals surface area contributed by atoms with Crippen LogP contribution in [-0.2, 0) is 13.0 Å². The lowest BCUT2D eigenvalue weighted by molar-refractivity contribution is -0.154. The molecule has 0 bridgehead atoms. The maximum absolute atomic E-state index is 12.3. The number of fused-ring (bicyclic) bond motifs is 2. The van der Waals surface area contributed by atoms with Crippen LogP contribution in [-0.4, -0.2) is 37.5 Å². The smallest absolute Gasteiger partial charge is 0.422 e. The Morgan fingerprint density at radius 3 is 2.64 bits per heavy atom. The summed E-state index contributed by atoms with van der Waals surface area (Å²) in [6.45, 7) is 3.41. The van der Waals surface area contributed by atoms with Crippen molar-refractivity contribution in [2.45, 2.75) is 33.0 Å². The van der Waals surface area contributed by atoms with Gasteiger partial charge >= 0.3 is 6.18 Å². The van der Waals surface area contributed by atoms with Crippen LogP contribution in [0, 0.1) is 5.92 Å². The molecule has 0 unspecified atom stereocenters. The van der Waals surface area contributed by atoms with Gasteiger partial charge in [0.1, 0.15) is 11.6 Å². The first kappa shape index (κ1) is 23.7. The second kappa shape index (κ2) is 9.52. The SMILES string of the molecule is CC(C)Cc1c(Nc2nccc3nn(Cc4ccc(OCC(F)(F)F)nc4)cc23)[nH]c2ccccc12. The fraction of sp³-hybridized carbons (Fsp3) is 0.269. The molecule has 0 spiro atoms. The minimum absolute atomic E-state index is 0.0760. The Labute approximate surface area is 205 Å². The summed E-state index contributed by atoms with van der Waals surface area (Å²) < 4.78 is 43.4. The number of pyridine rings is 2. The van der Waals surface area contributed by atoms with Gasteiger partial charge in [0.15, 0.2) is 6.61 Å². The van der Waals surface area contributed by atoms with Crippen molar-refractivity contribution in [1.29, 1.82) is 0 Å². The molecule has 4 aromatic heterocycles. The van der Waals surface area contributed by atoms with Crippen LogP contribution in [0.4, 0.5) is 24.8 Å². The molecule has 0 amide bonds. The highest BCUT2D eigenvalue weighted by Crippen LogP contribution is 2.32. The van der Waals surface area contributed by atoms with E-state index in [2.05, 4.69) is 56.1 Å². The molecule has 0 saturated heterocycles. The van der Waals surface area contributed by atoms with Gasteiger partial charge in [-0.05, 0) is 30.0 Å². The number of alkyl halides is 3. The first-order valence-corrected chi connectivity index (χ1v) is 11.6. The molecule has 7 nitrogen and oxygen atoms in total. The molecule has 0 aliphatic rings. The molecule has 5 rings (SSSR count). The molecule has 1 aromatic carbocycles. The number of aromatic nitrogens is 5. The Bertz CT molecular complexity index is 1490. The van der Waals surface area contributed by atoms with Gasteiger partial charge in [-0.25, -0.2) is 9.97 Å². The third kappa shape index (κ3) is 5.27. The predicted octanol–water partition coefficient (Wildman–Crippen LogP) is 6.24. The number of rotatable bonds is 8. The number of H-pyrrole nitrogens is 1. The van der Waals surface area contributed by atoms with Crippen LogP contribution >= 0.6 is 0 Å². The van der Waals surface area contributed by atoms with Crippen LogP contribution in [0.15, 0.2) is 61.1 Å². The summed E-state index contributed by atoms with van der Waals surface area (Å²) in [7, 11) is 0. The number of hydrogen-bond acceptors (Lipinski definition) is 5. The first-order chi connectivity index (χ1) is 17.2. The molecule has 5 aromatic rings. The Morgan fingerprint density at radius 1 is 1.06 bits per heavy atom. The van der Waals surface area contributed by atoms with Crippen molar-refractivity contribution >= 4 is 33.4 Å². The highest BCUT2D eigenvalue weighted by atomic mass is 19.4. The average molecular weight is 495 g/mol. The molecule has 0 saturated carbocycles.